The number of imide groups is 1. The molecule has 0 bridgehead atoms. The molecule has 3 rings (SSSR count). The van der Waals surface area contributed by atoms with Crippen LogP contribution in [-0.2, 0) is 4.79 Å². The molecule has 3 amide bonds. The summed E-state index contributed by atoms with van der Waals surface area (Å²) < 4.78 is 1.73. The van der Waals surface area contributed by atoms with E-state index in [9.17, 15) is 19.8 Å². The number of rotatable bonds is 5. The number of aliphatic hydroxyl groups excluding tert-OH is 2. The SMILES string of the molecule is CC1CCN(CC2=[N+](CC(O)CO)C3C(=O)N(C)C(=O)N(C)C3=N2)CC1. The summed E-state index contributed by atoms with van der Waals surface area (Å²) in [5, 5.41) is 19.2. The first-order valence-corrected chi connectivity index (χ1v) is 9.11. The van der Waals surface area contributed by atoms with Gasteiger partial charge in [0.2, 0.25) is 0 Å². The molecule has 0 spiro atoms. The van der Waals surface area contributed by atoms with E-state index in [0.717, 1.165) is 30.8 Å². The minimum absolute atomic E-state index is 0.0926. The van der Waals surface area contributed by atoms with Crippen LogP contribution in [0.4, 0.5) is 4.79 Å². The maximum absolute atomic E-state index is 12.7. The molecule has 3 aliphatic heterocycles. The highest BCUT2D eigenvalue weighted by Gasteiger charge is 2.53. The Balaban J connectivity index is 1.90. The normalized spacial score (nSPS) is 26.5. The van der Waals surface area contributed by atoms with E-state index in [-0.39, 0.29) is 12.5 Å². The molecule has 3 heterocycles. The summed E-state index contributed by atoms with van der Waals surface area (Å²) >= 11 is 0. The third-order valence-corrected chi connectivity index (χ3v) is 5.47. The summed E-state index contributed by atoms with van der Waals surface area (Å²) in [6, 6.07) is -1.15. The molecule has 3 aliphatic rings. The van der Waals surface area contributed by atoms with E-state index in [1.165, 1.54) is 11.9 Å². The smallest absolute Gasteiger partial charge is 0.333 e. The van der Waals surface area contributed by atoms with Crippen LogP contribution in [0.3, 0.4) is 0 Å². The highest BCUT2D eigenvalue weighted by atomic mass is 16.3. The zero-order valence-corrected chi connectivity index (χ0v) is 15.6. The topological polar surface area (TPSA) is 99.7 Å². The monoisotopic (exact) mass is 366 g/mol. The standard InChI is InChI=1S/C17H28N5O4/c1-11-4-6-21(7-5-11)9-13-18-15-14(22(13)8-12(24)10-23)16(25)20(3)17(26)19(15)2/h11-12,14,23-24H,4-10H2,1-3H3/q+1. The molecule has 0 aromatic carbocycles. The lowest BCUT2D eigenvalue weighted by Crippen LogP contribution is -2.62. The number of likely N-dealkylation sites (tertiary alicyclic amines) is 1. The van der Waals surface area contributed by atoms with Crippen molar-refractivity contribution in [3.63, 3.8) is 0 Å². The number of hydrogen-bond donors (Lipinski definition) is 2. The van der Waals surface area contributed by atoms with Crippen LogP contribution in [0.5, 0.6) is 0 Å². The molecule has 0 saturated carbocycles. The van der Waals surface area contributed by atoms with Crippen molar-refractivity contribution in [2.45, 2.75) is 31.9 Å². The number of carbonyl (C=O) groups excluding carboxylic acids is 2. The van der Waals surface area contributed by atoms with Gasteiger partial charge in [0.05, 0.1) is 6.61 Å². The summed E-state index contributed by atoms with van der Waals surface area (Å²) in [5.74, 6) is 1.40. The van der Waals surface area contributed by atoms with Crippen molar-refractivity contribution < 1.29 is 24.4 Å². The predicted molar refractivity (Wildman–Crippen MR) is 95.2 cm³/mol. The van der Waals surface area contributed by atoms with Crippen molar-refractivity contribution in [3.8, 4) is 0 Å². The maximum Gasteiger partial charge on any atom is 0.333 e. The van der Waals surface area contributed by atoms with E-state index in [0.29, 0.717) is 24.1 Å². The number of amidine groups is 2. The molecule has 144 valence electrons. The van der Waals surface area contributed by atoms with Crippen molar-refractivity contribution >= 4 is 23.6 Å². The Morgan fingerprint density at radius 3 is 2.50 bits per heavy atom. The van der Waals surface area contributed by atoms with Crippen LogP contribution in [0.25, 0.3) is 0 Å². The number of likely N-dealkylation sites (N-methyl/N-ethyl adjacent to an activating group) is 2. The Hall–Kier alpha value is -1.84. The molecular weight excluding hydrogens is 338 g/mol. The van der Waals surface area contributed by atoms with Gasteiger partial charge in [0, 0.05) is 14.1 Å². The number of nitrogens with zero attached hydrogens (tertiary/aromatic N) is 5. The van der Waals surface area contributed by atoms with Crippen LogP contribution < -0.4 is 0 Å². The zero-order valence-electron chi connectivity index (χ0n) is 15.6. The lowest BCUT2D eigenvalue weighted by atomic mass is 9.99. The highest BCUT2D eigenvalue weighted by Crippen LogP contribution is 2.21. The van der Waals surface area contributed by atoms with E-state index < -0.39 is 24.8 Å². The number of hydrogen-bond acceptors (Lipinski definition) is 6. The van der Waals surface area contributed by atoms with E-state index in [4.69, 9.17) is 0 Å². The first-order chi connectivity index (χ1) is 12.3. The molecule has 0 aliphatic carbocycles. The molecule has 0 aromatic rings. The van der Waals surface area contributed by atoms with E-state index >= 15 is 0 Å². The Morgan fingerprint density at radius 1 is 1.23 bits per heavy atom. The van der Waals surface area contributed by atoms with Crippen LogP contribution in [0, 0.1) is 5.92 Å². The zero-order chi connectivity index (χ0) is 19.0. The van der Waals surface area contributed by atoms with Gasteiger partial charge in [-0.3, -0.25) is 19.5 Å². The second kappa shape index (κ2) is 7.42. The second-order valence-electron chi connectivity index (χ2n) is 7.48. The highest BCUT2D eigenvalue weighted by molar-refractivity contribution is 6.23. The van der Waals surface area contributed by atoms with Gasteiger partial charge in [0.25, 0.3) is 17.8 Å². The van der Waals surface area contributed by atoms with Gasteiger partial charge in [0.15, 0.2) is 0 Å². The molecule has 2 fully saturated rings. The number of urea groups is 1. The van der Waals surface area contributed by atoms with Crippen molar-refractivity contribution in [1.82, 2.24) is 14.7 Å². The number of aliphatic hydroxyl groups is 2. The van der Waals surface area contributed by atoms with Gasteiger partial charge in [-0.15, -0.1) is 0 Å². The fraction of sp³-hybridized carbons (Fsp3) is 0.765. The fourth-order valence-electron chi connectivity index (χ4n) is 3.69. The maximum atomic E-state index is 12.7. The van der Waals surface area contributed by atoms with Gasteiger partial charge >= 0.3 is 11.9 Å². The second-order valence-corrected chi connectivity index (χ2v) is 7.48. The Morgan fingerprint density at radius 2 is 1.88 bits per heavy atom. The summed E-state index contributed by atoms with van der Waals surface area (Å²) in [7, 11) is 3.05. The van der Waals surface area contributed by atoms with Gasteiger partial charge in [-0.25, -0.2) is 9.37 Å². The van der Waals surface area contributed by atoms with E-state index in [2.05, 4.69) is 16.8 Å². The number of piperidine rings is 1. The largest absolute Gasteiger partial charge is 0.394 e. The van der Waals surface area contributed by atoms with Crippen LogP contribution in [0.1, 0.15) is 19.8 Å². The molecule has 0 aromatic heterocycles. The Labute approximate surface area is 153 Å². The summed E-state index contributed by atoms with van der Waals surface area (Å²) in [6.07, 6.45) is 1.25. The molecule has 2 saturated heterocycles. The van der Waals surface area contributed by atoms with Gasteiger partial charge in [0.1, 0.15) is 19.2 Å². The molecular formula is C17H28N5O4+. The van der Waals surface area contributed by atoms with Crippen molar-refractivity contribution in [3.05, 3.63) is 0 Å². The molecule has 9 heteroatoms. The lowest BCUT2D eigenvalue weighted by molar-refractivity contribution is -0.545. The fourth-order valence-corrected chi connectivity index (χ4v) is 3.69. The number of β-amino-alcohol motifs (C(OH)–C–C–N with tert-alkyl or cyclic N) is 1. The molecule has 2 N–H and O–H groups in total. The summed E-state index contributed by atoms with van der Waals surface area (Å²) in [4.78, 5) is 34.3. The molecule has 0 radical (unpaired) electrons. The number of fused-ring (bicyclic) bond motifs is 1. The van der Waals surface area contributed by atoms with Gasteiger partial charge in [-0.2, -0.15) is 0 Å². The average Bonchev–Trinajstić information content (AvgIpc) is 2.98. The minimum Gasteiger partial charge on any atom is -0.394 e. The van der Waals surface area contributed by atoms with Crippen LogP contribution >= 0.6 is 0 Å². The van der Waals surface area contributed by atoms with Crippen LogP contribution in [0.15, 0.2) is 4.99 Å². The number of aliphatic imine (C=N–C) groups is 1. The van der Waals surface area contributed by atoms with Crippen LogP contribution in [0.2, 0.25) is 0 Å². The van der Waals surface area contributed by atoms with Crippen molar-refractivity contribution in [2.75, 3.05) is 46.9 Å². The van der Waals surface area contributed by atoms with Gasteiger partial charge in [-0.05, 0) is 36.8 Å². The van der Waals surface area contributed by atoms with E-state index in [1.54, 1.807) is 11.6 Å². The Bertz CT molecular complexity index is 654. The molecule has 9 nitrogen and oxygen atoms in total. The quantitative estimate of drug-likeness (QED) is 0.595. The molecule has 26 heavy (non-hydrogen) atoms. The molecule has 2 atom stereocenters. The first-order valence-electron chi connectivity index (χ1n) is 9.11. The minimum atomic E-state index is -0.984. The Kier molecular flexibility index (Phi) is 5.40. The first kappa shape index (κ1) is 18.9. The van der Waals surface area contributed by atoms with Gasteiger partial charge < -0.3 is 10.2 Å². The number of carbonyl (C=O) groups is 2. The van der Waals surface area contributed by atoms with Crippen molar-refractivity contribution in [1.29, 1.82) is 0 Å². The third kappa shape index (κ3) is 3.38. The predicted octanol–water partition coefficient (Wildman–Crippen LogP) is -1.21. The van der Waals surface area contributed by atoms with Gasteiger partial charge in [-0.1, -0.05) is 6.92 Å². The molecule has 2 unspecified atom stereocenters. The summed E-state index contributed by atoms with van der Waals surface area (Å²) in [6.45, 7) is 4.41. The number of amides is 3. The average molecular weight is 366 g/mol. The third-order valence-electron chi connectivity index (χ3n) is 5.47. The summed E-state index contributed by atoms with van der Waals surface area (Å²) in [5.41, 5.74) is 0. The lowest BCUT2D eigenvalue weighted by Gasteiger charge is -2.31. The van der Waals surface area contributed by atoms with Crippen LogP contribution in [-0.4, -0.2) is 112 Å². The van der Waals surface area contributed by atoms with Crippen molar-refractivity contribution in [2.24, 2.45) is 10.9 Å². The van der Waals surface area contributed by atoms with E-state index in [1.807, 2.05) is 0 Å².